The molecule has 0 aliphatic rings. The van der Waals surface area contributed by atoms with Gasteiger partial charge in [-0.25, -0.2) is 23.1 Å². The number of carbonyl (C=O) groups excluding carboxylic acids is 2. The normalized spacial score (nSPS) is 10.9. The summed E-state index contributed by atoms with van der Waals surface area (Å²) in [4.78, 5) is 30.6. The molecule has 0 bridgehead atoms. The van der Waals surface area contributed by atoms with Crippen LogP contribution in [-0.2, 0) is 19.6 Å². The first-order valence-corrected chi connectivity index (χ1v) is 9.17. The highest BCUT2D eigenvalue weighted by atomic mass is 32.2. The lowest BCUT2D eigenvalue weighted by molar-refractivity contribution is -0.117. The second-order valence-corrected chi connectivity index (χ2v) is 7.18. The van der Waals surface area contributed by atoms with Crippen molar-refractivity contribution in [3.05, 3.63) is 42.7 Å². The molecule has 0 saturated heterocycles. The number of benzene rings is 1. The van der Waals surface area contributed by atoms with Crippen LogP contribution in [0.3, 0.4) is 0 Å². The van der Waals surface area contributed by atoms with E-state index in [4.69, 9.17) is 0 Å². The van der Waals surface area contributed by atoms with E-state index in [1.54, 1.807) is 18.5 Å². The van der Waals surface area contributed by atoms with Crippen molar-refractivity contribution in [3.63, 3.8) is 0 Å². The number of amides is 2. The van der Waals surface area contributed by atoms with E-state index in [9.17, 15) is 18.0 Å². The van der Waals surface area contributed by atoms with Crippen LogP contribution in [-0.4, -0.2) is 36.0 Å². The van der Waals surface area contributed by atoms with Crippen LogP contribution in [0, 0.1) is 0 Å². The Morgan fingerprint density at radius 3 is 2.33 bits per heavy atom. The molecule has 2 rings (SSSR count). The summed E-state index contributed by atoms with van der Waals surface area (Å²) >= 11 is 1.18. The number of hydrogen-bond donors (Lipinski definition) is 2. The van der Waals surface area contributed by atoms with Crippen molar-refractivity contribution in [2.75, 3.05) is 11.1 Å². The van der Waals surface area contributed by atoms with Gasteiger partial charge in [0.1, 0.15) is 0 Å². The molecule has 10 heteroatoms. The van der Waals surface area contributed by atoms with Crippen LogP contribution >= 0.6 is 11.8 Å². The number of nitrogens with zero attached hydrogens (tertiary/aromatic N) is 2. The Hall–Kier alpha value is -2.46. The predicted octanol–water partition coefficient (Wildman–Crippen LogP) is 1.03. The molecular weight excluding hydrogens is 352 g/mol. The van der Waals surface area contributed by atoms with Crippen LogP contribution in [0.1, 0.15) is 6.92 Å². The maximum Gasteiger partial charge on any atom is 0.264 e. The van der Waals surface area contributed by atoms with E-state index < -0.39 is 15.9 Å². The molecule has 2 aromatic rings. The smallest absolute Gasteiger partial charge is 0.264 e. The van der Waals surface area contributed by atoms with Crippen molar-refractivity contribution in [1.82, 2.24) is 14.7 Å². The Labute approximate surface area is 143 Å². The highest BCUT2D eigenvalue weighted by Crippen LogP contribution is 2.15. The molecule has 1 aromatic heterocycles. The summed E-state index contributed by atoms with van der Waals surface area (Å²) in [6, 6.07) is 7.16. The van der Waals surface area contributed by atoms with Gasteiger partial charge in [0.2, 0.25) is 11.8 Å². The molecule has 126 valence electrons. The number of nitrogens with one attached hydrogen (secondary N) is 2. The van der Waals surface area contributed by atoms with Crippen molar-refractivity contribution < 1.29 is 18.0 Å². The minimum Gasteiger partial charge on any atom is -0.325 e. The molecule has 0 radical (unpaired) electrons. The van der Waals surface area contributed by atoms with Crippen LogP contribution < -0.4 is 10.0 Å². The van der Waals surface area contributed by atoms with E-state index in [0.29, 0.717) is 10.8 Å². The molecule has 2 N–H and O–H groups in total. The second-order valence-electron chi connectivity index (χ2n) is 4.55. The van der Waals surface area contributed by atoms with Crippen molar-refractivity contribution >= 4 is 39.3 Å². The summed E-state index contributed by atoms with van der Waals surface area (Å²) in [5, 5.41) is 3.12. The summed E-state index contributed by atoms with van der Waals surface area (Å²) in [6.07, 6.45) is 3.17. The van der Waals surface area contributed by atoms with Crippen molar-refractivity contribution in [2.45, 2.75) is 17.0 Å². The number of rotatable bonds is 6. The highest BCUT2D eigenvalue weighted by Gasteiger charge is 2.15. The van der Waals surface area contributed by atoms with E-state index in [0.717, 1.165) is 6.92 Å². The first-order valence-electron chi connectivity index (χ1n) is 6.70. The first-order chi connectivity index (χ1) is 11.4. The minimum absolute atomic E-state index is 0.0669. The maximum atomic E-state index is 11.9. The number of carbonyl (C=O) groups is 2. The van der Waals surface area contributed by atoms with Gasteiger partial charge < -0.3 is 5.32 Å². The van der Waals surface area contributed by atoms with Crippen LogP contribution in [0.25, 0.3) is 0 Å². The summed E-state index contributed by atoms with van der Waals surface area (Å²) in [6.45, 7) is 1.11. The molecule has 0 atom stereocenters. The van der Waals surface area contributed by atoms with Crippen LogP contribution in [0.5, 0.6) is 0 Å². The zero-order valence-corrected chi connectivity index (χ0v) is 14.2. The molecule has 0 fully saturated rings. The second kappa shape index (κ2) is 7.88. The molecule has 0 unspecified atom stereocenters. The van der Waals surface area contributed by atoms with Gasteiger partial charge in [-0.3, -0.25) is 9.59 Å². The van der Waals surface area contributed by atoms with E-state index in [-0.39, 0.29) is 16.6 Å². The zero-order chi connectivity index (χ0) is 17.6. The number of hydrogen-bond acceptors (Lipinski definition) is 7. The lowest BCUT2D eigenvalue weighted by Gasteiger charge is -2.07. The third kappa shape index (κ3) is 5.32. The largest absolute Gasteiger partial charge is 0.325 e. The molecule has 24 heavy (non-hydrogen) atoms. The fraction of sp³-hybridized carbons (Fsp3) is 0.143. The quantitative estimate of drug-likeness (QED) is 0.579. The van der Waals surface area contributed by atoms with Gasteiger partial charge in [-0.1, -0.05) is 11.8 Å². The van der Waals surface area contributed by atoms with Crippen molar-refractivity contribution in [3.8, 4) is 0 Å². The molecule has 2 amide bonds. The summed E-state index contributed by atoms with van der Waals surface area (Å²) in [5.74, 6) is -0.826. The van der Waals surface area contributed by atoms with Gasteiger partial charge in [-0.2, -0.15) is 0 Å². The van der Waals surface area contributed by atoms with Gasteiger partial charge in [0.15, 0.2) is 5.16 Å². The Balaban J connectivity index is 1.94. The van der Waals surface area contributed by atoms with E-state index >= 15 is 0 Å². The van der Waals surface area contributed by atoms with Gasteiger partial charge in [0.25, 0.3) is 10.0 Å². The first kappa shape index (κ1) is 17.9. The van der Waals surface area contributed by atoms with E-state index in [2.05, 4.69) is 15.3 Å². The fourth-order valence-corrected chi connectivity index (χ4v) is 3.25. The topological polar surface area (TPSA) is 118 Å². The lowest BCUT2D eigenvalue weighted by Crippen LogP contribution is -2.28. The lowest BCUT2D eigenvalue weighted by atomic mass is 10.3. The van der Waals surface area contributed by atoms with Gasteiger partial charge >= 0.3 is 0 Å². The van der Waals surface area contributed by atoms with Crippen LogP contribution in [0.2, 0.25) is 0 Å². The average molecular weight is 366 g/mol. The third-order valence-electron chi connectivity index (χ3n) is 2.60. The number of aromatic nitrogens is 2. The number of sulfonamides is 1. The molecular formula is C14H14N4O4S2. The molecule has 0 aliphatic heterocycles. The standard InChI is InChI=1S/C14H14N4O4S2/c1-10(19)18-24(21,22)12-5-3-11(4-6-12)17-13(20)9-23-14-15-7-2-8-16-14/h2-8H,9H2,1H3,(H,17,20)(H,18,19). The zero-order valence-electron chi connectivity index (χ0n) is 12.6. The van der Waals surface area contributed by atoms with E-state index in [1.807, 2.05) is 4.72 Å². The monoisotopic (exact) mass is 366 g/mol. The molecule has 8 nitrogen and oxygen atoms in total. The minimum atomic E-state index is -3.88. The number of anilines is 1. The SMILES string of the molecule is CC(=O)NS(=O)(=O)c1ccc(NC(=O)CSc2ncccn2)cc1. The van der Waals surface area contributed by atoms with Crippen LogP contribution in [0.4, 0.5) is 5.69 Å². The summed E-state index contributed by atoms with van der Waals surface area (Å²) in [5.41, 5.74) is 0.441. The molecule has 0 spiro atoms. The predicted molar refractivity (Wildman–Crippen MR) is 88.8 cm³/mol. The van der Waals surface area contributed by atoms with Crippen molar-refractivity contribution in [2.24, 2.45) is 0 Å². The van der Waals surface area contributed by atoms with Crippen LogP contribution in [0.15, 0.2) is 52.8 Å². The molecule has 1 aromatic carbocycles. The van der Waals surface area contributed by atoms with Gasteiger partial charge in [-0.05, 0) is 30.3 Å². The molecule has 0 aliphatic carbocycles. The van der Waals surface area contributed by atoms with Crippen molar-refractivity contribution in [1.29, 1.82) is 0 Å². The summed E-state index contributed by atoms with van der Waals surface area (Å²) in [7, 11) is -3.88. The molecule has 0 saturated carbocycles. The Kier molecular flexibility index (Phi) is 5.88. The fourth-order valence-electron chi connectivity index (χ4n) is 1.65. The summed E-state index contributed by atoms with van der Waals surface area (Å²) < 4.78 is 25.5. The van der Waals surface area contributed by atoms with Gasteiger partial charge in [0.05, 0.1) is 10.6 Å². The van der Waals surface area contributed by atoms with Gasteiger partial charge in [0, 0.05) is 25.0 Å². The Morgan fingerprint density at radius 2 is 1.75 bits per heavy atom. The third-order valence-corrected chi connectivity index (χ3v) is 4.93. The van der Waals surface area contributed by atoms with Gasteiger partial charge in [-0.15, -0.1) is 0 Å². The molecule has 1 heterocycles. The Morgan fingerprint density at radius 1 is 1.12 bits per heavy atom. The maximum absolute atomic E-state index is 11.9. The highest BCUT2D eigenvalue weighted by molar-refractivity contribution is 7.99. The van der Waals surface area contributed by atoms with E-state index in [1.165, 1.54) is 36.0 Å². The Bertz CT molecular complexity index is 824. The average Bonchev–Trinajstić information content (AvgIpc) is 2.53. The number of thioether (sulfide) groups is 1.